The van der Waals surface area contributed by atoms with Gasteiger partial charge in [-0.2, -0.15) is 0 Å². The van der Waals surface area contributed by atoms with E-state index >= 15 is 0 Å². The molecule has 0 aliphatic rings. The highest BCUT2D eigenvalue weighted by Crippen LogP contribution is 2.38. The van der Waals surface area contributed by atoms with Gasteiger partial charge in [-0.25, -0.2) is 4.98 Å². The highest BCUT2D eigenvalue weighted by molar-refractivity contribution is 5.90. The lowest BCUT2D eigenvalue weighted by Gasteiger charge is -2.16. The summed E-state index contributed by atoms with van der Waals surface area (Å²) < 4.78 is 10.9. The molecule has 0 spiro atoms. The highest BCUT2D eigenvalue weighted by atomic mass is 16.5. The molecule has 2 heterocycles. The molecule has 2 aromatic heterocycles. The van der Waals surface area contributed by atoms with Gasteiger partial charge in [-0.1, -0.05) is 6.07 Å². The second kappa shape index (κ2) is 9.06. The lowest BCUT2D eigenvalue weighted by atomic mass is 10.0. The fourth-order valence-corrected chi connectivity index (χ4v) is 3.57. The molecule has 0 saturated carbocycles. The van der Waals surface area contributed by atoms with Crippen LogP contribution in [0, 0.1) is 6.92 Å². The maximum absolute atomic E-state index is 5.73. The molecule has 0 atom stereocenters. The molecule has 0 saturated heterocycles. The van der Waals surface area contributed by atoms with Crippen molar-refractivity contribution < 1.29 is 9.47 Å². The van der Waals surface area contributed by atoms with Crippen LogP contribution in [-0.4, -0.2) is 42.3 Å². The maximum atomic E-state index is 5.73. The summed E-state index contributed by atoms with van der Waals surface area (Å²) in [5.41, 5.74) is 12.5. The maximum Gasteiger partial charge on any atom is 0.142 e. The molecule has 160 valence electrons. The van der Waals surface area contributed by atoms with Gasteiger partial charge in [0.15, 0.2) is 0 Å². The molecular weight excluding hydrogens is 390 g/mol. The Morgan fingerprint density at radius 1 is 1.00 bits per heavy atom. The fourth-order valence-electron chi connectivity index (χ4n) is 3.57. The molecular formula is C24H27N5O2. The fraction of sp³-hybridized carbons (Fsp3) is 0.250. The van der Waals surface area contributed by atoms with Crippen LogP contribution in [0.1, 0.15) is 12.0 Å². The summed E-state index contributed by atoms with van der Waals surface area (Å²) in [6.07, 6.45) is 4.52. The first-order valence-corrected chi connectivity index (χ1v) is 10.2. The third-order valence-electron chi connectivity index (χ3n) is 5.18. The minimum atomic E-state index is 0.611. The molecule has 4 aromatic rings. The summed E-state index contributed by atoms with van der Waals surface area (Å²) in [6.45, 7) is 3.41. The summed E-state index contributed by atoms with van der Waals surface area (Å²) in [5, 5.41) is 3.55. The number of ether oxygens (including phenoxy) is 2. The standard InChI is InChI=1S/C24H27N5O2/c1-15-5-6-21-22(9-15)29-24(28-21)20-14-26-13-19(23(20)27-8-4-7-25)16-10-17(30-2)12-18(11-16)31-3/h5-6,9-14H,4,7-8,25H2,1-3H3,(H,26,27)(H,28,29). The summed E-state index contributed by atoms with van der Waals surface area (Å²) >= 11 is 0. The molecule has 2 aromatic carbocycles. The Morgan fingerprint density at radius 3 is 2.45 bits per heavy atom. The van der Waals surface area contributed by atoms with Crippen molar-refractivity contribution in [3.05, 3.63) is 54.4 Å². The van der Waals surface area contributed by atoms with Gasteiger partial charge in [0.05, 0.1) is 36.5 Å². The quantitative estimate of drug-likeness (QED) is 0.368. The summed E-state index contributed by atoms with van der Waals surface area (Å²) in [5.74, 6) is 2.19. The van der Waals surface area contributed by atoms with E-state index in [9.17, 15) is 0 Å². The predicted octanol–water partition coefficient (Wildman–Crippen LogP) is 4.38. The number of fused-ring (bicyclic) bond motifs is 1. The van der Waals surface area contributed by atoms with E-state index in [2.05, 4.69) is 34.3 Å². The van der Waals surface area contributed by atoms with Gasteiger partial charge in [0.25, 0.3) is 0 Å². The Hall–Kier alpha value is -3.58. The first-order chi connectivity index (χ1) is 15.1. The minimum absolute atomic E-state index is 0.611. The van der Waals surface area contributed by atoms with E-state index in [0.29, 0.717) is 18.0 Å². The molecule has 0 unspecified atom stereocenters. The number of hydrogen-bond donors (Lipinski definition) is 3. The van der Waals surface area contributed by atoms with E-state index in [1.807, 2.05) is 36.7 Å². The zero-order chi connectivity index (χ0) is 21.8. The Balaban J connectivity index is 1.88. The van der Waals surface area contributed by atoms with Crippen LogP contribution >= 0.6 is 0 Å². The topological polar surface area (TPSA) is 98.1 Å². The number of aromatic nitrogens is 3. The minimum Gasteiger partial charge on any atom is -0.497 e. The molecule has 31 heavy (non-hydrogen) atoms. The molecule has 0 aliphatic heterocycles. The van der Waals surface area contributed by atoms with Crippen molar-refractivity contribution in [2.45, 2.75) is 13.3 Å². The van der Waals surface area contributed by atoms with Crippen LogP contribution in [0.4, 0.5) is 5.69 Å². The van der Waals surface area contributed by atoms with E-state index in [0.717, 1.165) is 52.2 Å². The lowest BCUT2D eigenvalue weighted by Crippen LogP contribution is -2.10. The van der Waals surface area contributed by atoms with Crippen LogP contribution in [-0.2, 0) is 0 Å². The Kier molecular flexibility index (Phi) is 6.04. The predicted molar refractivity (Wildman–Crippen MR) is 125 cm³/mol. The lowest BCUT2D eigenvalue weighted by molar-refractivity contribution is 0.394. The third-order valence-corrected chi connectivity index (χ3v) is 5.18. The van der Waals surface area contributed by atoms with E-state index in [1.165, 1.54) is 5.56 Å². The Bertz CT molecular complexity index is 1180. The first-order valence-electron chi connectivity index (χ1n) is 10.2. The highest BCUT2D eigenvalue weighted by Gasteiger charge is 2.17. The van der Waals surface area contributed by atoms with Crippen molar-refractivity contribution in [3.8, 4) is 34.0 Å². The zero-order valence-electron chi connectivity index (χ0n) is 18.0. The summed E-state index contributed by atoms with van der Waals surface area (Å²) in [4.78, 5) is 12.8. The van der Waals surface area contributed by atoms with Gasteiger partial charge in [0.2, 0.25) is 0 Å². The van der Waals surface area contributed by atoms with Crippen LogP contribution in [0.15, 0.2) is 48.8 Å². The number of imidazole rings is 1. The largest absolute Gasteiger partial charge is 0.497 e. The Labute approximate surface area is 181 Å². The molecule has 0 aliphatic carbocycles. The van der Waals surface area contributed by atoms with E-state index in [4.69, 9.17) is 20.2 Å². The number of aryl methyl sites for hydroxylation is 1. The van der Waals surface area contributed by atoms with Crippen molar-refractivity contribution in [3.63, 3.8) is 0 Å². The van der Waals surface area contributed by atoms with E-state index in [-0.39, 0.29) is 0 Å². The number of rotatable bonds is 8. The van der Waals surface area contributed by atoms with Crippen LogP contribution in [0.3, 0.4) is 0 Å². The average Bonchev–Trinajstić information content (AvgIpc) is 3.21. The van der Waals surface area contributed by atoms with Crippen LogP contribution in [0.5, 0.6) is 11.5 Å². The number of methoxy groups -OCH3 is 2. The van der Waals surface area contributed by atoms with Crippen molar-refractivity contribution in [1.82, 2.24) is 15.0 Å². The third kappa shape index (κ3) is 4.32. The summed E-state index contributed by atoms with van der Waals surface area (Å²) in [7, 11) is 3.29. The number of nitrogens with one attached hydrogen (secondary N) is 2. The van der Waals surface area contributed by atoms with Crippen LogP contribution in [0.25, 0.3) is 33.5 Å². The van der Waals surface area contributed by atoms with Crippen LogP contribution in [0.2, 0.25) is 0 Å². The molecule has 0 bridgehead atoms. The molecule has 7 nitrogen and oxygen atoms in total. The van der Waals surface area contributed by atoms with E-state index < -0.39 is 0 Å². The van der Waals surface area contributed by atoms with Gasteiger partial charge < -0.3 is 25.5 Å². The van der Waals surface area contributed by atoms with Gasteiger partial charge in [-0.05, 0) is 55.3 Å². The van der Waals surface area contributed by atoms with Gasteiger partial charge in [-0.15, -0.1) is 0 Å². The van der Waals surface area contributed by atoms with Crippen molar-refractivity contribution >= 4 is 16.7 Å². The molecule has 0 radical (unpaired) electrons. The number of aromatic amines is 1. The second-order valence-corrected chi connectivity index (χ2v) is 7.39. The van der Waals surface area contributed by atoms with Gasteiger partial charge in [0.1, 0.15) is 17.3 Å². The number of hydrogen-bond acceptors (Lipinski definition) is 6. The number of benzene rings is 2. The summed E-state index contributed by atoms with van der Waals surface area (Å²) in [6, 6.07) is 12.0. The monoisotopic (exact) mass is 417 g/mol. The smallest absolute Gasteiger partial charge is 0.142 e. The van der Waals surface area contributed by atoms with Crippen molar-refractivity contribution in [2.75, 3.05) is 32.6 Å². The number of anilines is 1. The molecule has 4 N–H and O–H groups in total. The molecule has 7 heteroatoms. The Morgan fingerprint density at radius 2 is 1.74 bits per heavy atom. The van der Waals surface area contributed by atoms with Crippen LogP contribution < -0.4 is 20.5 Å². The molecule has 0 amide bonds. The number of nitrogens with two attached hydrogens (primary N) is 1. The second-order valence-electron chi connectivity index (χ2n) is 7.39. The molecule has 0 fully saturated rings. The average molecular weight is 418 g/mol. The normalized spacial score (nSPS) is 11.0. The van der Waals surface area contributed by atoms with Crippen molar-refractivity contribution in [2.24, 2.45) is 5.73 Å². The molecule has 4 rings (SSSR count). The SMILES string of the molecule is COc1cc(OC)cc(-c2cncc(-c3nc4cc(C)ccc4[nH]3)c2NCCCN)c1. The first kappa shape index (κ1) is 20.7. The van der Waals surface area contributed by atoms with Gasteiger partial charge >= 0.3 is 0 Å². The number of nitrogens with zero attached hydrogens (tertiary/aromatic N) is 2. The van der Waals surface area contributed by atoms with Gasteiger partial charge in [-0.3, -0.25) is 4.98 Å². The van der Waals surface area contributed by atoms with Gasteiger partial charge in [0, 0.05) is 30.6 Å². The van der Waals surface area contributed by atoms with E-state index in [1.54, 1.807) is 14.2 Å². The number of H-pyrrole nitrogens is 1. The number of pyridine rings is 1. The van der Waals surface area contributed by atoms with Crippen molar-refractivity contribution in [1.29, 1.82) is 0 Å². The zero-order valence-corrected chi connectivity index (χ0v) is 18.0.